The van der Waals surface area contributed by atoms with Crippen LogP contribution in [0.5, 0.6) is 0 Å². The summed E-state index contributed by atoms with van der Waals surface area (Å²) < 4.78 is 0. The molecule has 1 heteroatoms. The van der Waals surface area contributed by atoms with Gasteiger partial charge in [-0.25, -0.2) is 0 Å². The molecule has 0 N–H and O–H groups in total. The quantitative estimate of drug-likeness (QED) is 0.614. The standard InChI is InChI=1S/C8H14S.C2H6/c1-2-3-5-8-6-4-7-9-8;1-2/h6H,2-5,7H2,1H3;1-2H3. The third kappa shape index (κ3) is 5.37. The largest absolute Gasteiger partial charge is 0.131 e. The second-order valence-corrected chi connectivity index (χ2v) is 3.63. The molecule has 0 saturated carbocycles. The van der Waals surface area contributed by atoms with Crippen LogP contribution in [0.4, 0.5) is 0 Å². The minimum absolute atomic E-state index is 1.31. The van der Waals surface area contributed by atoms with E-state index in [2.05, 4.69) is 13.0 Å². The minimum atomic E-state index is 1.31. The van der Waals surface area contributed by atoms with E-state index >= 15 is 0 Å². The summed E-state index contributed by atoms with van der Waals surface area (Å²) in [6.45, 7) is 6.25. The van der Waals surface area contributed by atoms with E-state index in [4.69, 9.17) is 0 Å². The van der Waals surface area contributed by atoms with Gasteiger partial charge < -0.3 is 0 Å². The molecule has 1 heterocycles. The summed E-state index contributed by atoms with van der Waals surface area (Å²) in [6, 6.07) is 0. The van der Waals surface area contributed by atoms with Crippen LogP contribution in [0.1, 0.15) is 46.5 Å². The summed E-state index contributed by atoms with van der Waals surface area (Å²) in [4.78, 5) is 1.64. The van der Waals surface area contributed by atoms with Gasteiger partial charge in [-0.3, -0.25) is 0 Å². The molecule has 0 saturated heterocycles. The van der Waals surface area contributed by atoms with Gasteiger partial charge in [-0.15, -0.1) is 11.8 Å². The first kappa shape index (κ1) is 11.1. The molecule has 0 aliphatic carbocycles. The molecule has 0 radical (unpaired) electrons. The Hall–Kier alpha value is 0.0900. The molecule has 0 aromatic heterocycles. The summed E-state index contributed by atoms with van der Waals surface area (Å²) in [5.74, 6) is 1.33. The van der Waals surface area contributed by atoms with Crippen molar-refractivity contribution in [2.45, 2.75) is 46.5 Å². The first-order chi connectivity index (χ1) is 5.43. The molecule has 0 fully saturated rings. The van der Waals surface area contributed by atoms with Crippen molar-refractivity contribution in [3.8, 4) is 0 Å². The number of unbranched alkanes of at least 4 members (excludes halogenated alkanes) is 1. The monoisotopic (exact) mass is 172 g/mol. The Morgan fingerprint density at radius 3 is 2.64 bits per heavy atom. The highest BCUT2D eigenvalue weighted by atomic mass is 32.2. The summed E-state index contributed by atoms with van der Waals surface area (Å²) in [5.41, 5.74) is 0. The molecule has 0 nitrogen and oxygen atoms in total. The van der Waals surface area contributed by atoms with E-state index in [0.717, 1.165) is 0 Å². The maximum absolute atomic E-state index is 2.39. The van der Waals surface area contributed by atoms with Gasteiger partial charge in [-0.2, -0.15) is 0 Å². The number of allylic oxidation sites excluding steroid dienone is 2. The van der Waals surface area contributed by atoms with Crippen LogP contribution in [0.2, 0.25) is 0 Å². The summed E-state index contributed by atoms with van der Waals surface area (Å²) >= 11 is 2.04. The lowest BCUT2D eigenvalue weighted by Crippen LogP contribution is -1.72. The number of hydrogen-bond donors (Lipinski definition) is 0. The van der Waals surface area contributed by atoms with Gasteiger partial charge in [-0.1, -0.05) is 33.3 Å². The topological polar surface area (TPSA) is 0 Å². The Bertz CT molecular complexity index is 105. The highest BCUT2D eigenvalue weighted by Gasteiger charge is 2.02. The second kappa shape index (κ2) is 8.19. The predicted octanol–water partition coefficient (Wildman–Crippen LogP) is 4.22. The molecule has 0 spiro atoms. The Balaban J connectivity index is 0.000000461. The predicted molar refractivity (Wildman–Crippen MR) is 56.0 cm³/mol. The van der Waals surface area contributed by atoms with Gasteiger partial charge in [-0.05, 0) is 24.2 Å². The van der Waals surface area contributed by atoms with E-state index in [-0.39, 0.29) is 0 Å². The fourth-order valence-corrected chi connectivity index (χ4v) is 2.02. The zero-order valence-electron chi connectivity index (χ0n) is 8.02. The van der Waals surface area contributed by atoms with Crippen molar-refractivity contribution in [3.63, 3.8) is 0 Å². The highest BCUT2D eigenvalue weighted by molar-refractivity contribution is 8.03. The van der Waals surface area contributed by atoms with Crippen LogP contribution < -0.4 is 0 Å². The maximum Gasteiger partial charge on any atom is 0.00117 e. The van der Waals surface area contributed by atoms with Gasteiger partial charge in [0.1, 0.15) is 0 Å². The van der Waals surface area contributed by atoms with Crippen molar-refractivity contribution in [3.05, 3.63) is 11.0 Å². The number of hydrogen-bond acceptors (Lipinski definition) is 1. The van der Waals surface area contributed by atoms with Crippen LogP contribution in [-0.2, 0) is 0 Å². The third-order valence-corrected chi connectivity index (χ3v) is 2.74. The minimum Gasteiger partial charge on any atom is -0.131 e. The third-order valence-electron chi connectivity index (χ3n) is 1.55. The molecular formula is C10H20S. The van der Waals surface area contributed by atoms with Crippen LogP contribution in [0.15, 0.2) is 11.0 Å². The average Bonchev–Trinajstić information content (AvgIpc) is 2.57. The molecule has 1 aliphatic rings. The molecule has 0 aromatic rings. The lowest BCUT2D eigenvalue weighted by molar-refractivity contribution is 0.808. The summed E-state index contributed by atoms with van der Waals surface area (Å²) in [7, 11) is 0. The lowest BCUT2D eigenvalue weighted by atomic mass is 10.2. The normalized spacial score (nSPS) is 15.4. The number of thioether (sulfide) groups is 1. The average molecular weight is 172 g/mol. The second-order valence-electron chi connectivity index (χ2n) is 2.41. The van der Waals surface area contributed by atoms with Crippen molar-refractivity contribution < 1.29 is 0 Å². The van der Waals surface area contributed by atoms with Crippen LogP contribution >= 0.6 is 11.8 Å². The molecule has 0 aromatic carbocycles. The SMILES string of the molecule is CC.CCCCC1=CCCS1. The van der Waals surface area contributed by atoms with Crippen molar-refractivity contribution in [2.75, 3.05) is 5.75 Å². The molecule has 0 amide bonds. The zero-order chi connectivity index (χ0) is 8.53. The van der Waals surface area contributed by atoms with E-state index in [9.17, 15) is 0 Å². The van der Waals surface area contributed by atoms with Crippen molar-refractivity contribution >= 4 is 11.8 Å². The van der Waals surface area contributed by atoms with Gasteiger partial charge >= 0.3 is 0 Å². The van der Waals surface area contributed by atoms with Gasteiger partial charge in [0.05, 0.1) is 0 Å². The first-order valence-electron chi connectivity index (χ1n) is 4.75. The van der Waals surface area contributed by atoms with Crippen molar-refractivity contribution in [1.29, 1.82) is 0 Å². The molecule has 1 aliphatic heterocycles. The maximum atomic E-state index is 2.39. The molecule has 66 valence electrons. The van der Waals surface area contributed by atoms with E-state index in [1.807, 2.05) is 25.6 Å². The fourth-order valence-electron chi connectivity index (χ4n) is 0.994. The molecular weight excluding hydrogens is 152 g/mol. The van der Waals surface area contributed by atoms with Crippen LogP contribution in [0.3, 0.4) is 0 Å². The molecule has 0 atom stereocenters. The van der Waals surface area contributed by atoms with Crippen molar-refractivity contribution in [1.82, 2.24) is 0 Å². The van der Waals surface area contributed by atoms with E-state index in [0.29, 0.717) is 0 Å². The fraction of sp³-hybridized carbons (Fsp3) is 0.800. The van der Waals surface area contributed by atoms with Gasteiger partial charge in [0.25, 0.3) is 0 Å². The number of rotatable bonds is 3. The molecule has 0 bridgehead atoms. The van der Waals surface area contributed by atoms with Gasteiger partial charge in [0.2, 0.25) is 0 Å². The highest BCUT2D eigenvalue weighted by Crippen LogP contribution is 2.28. The molecule has 0 unspecified atom stereocenters. The lowest BCUT2D eigenvalue weighted by Gasteiger charge is -1.96. The van der Waals surface area contributed by atoms with Gasteiger partial charge in [0, 0.05) is 5.75 Å². The van der Waals surface area contributed by atoms with Crippen LogP contribution in [0, 0.1) is 0 Å². The van der Waals surface area contributed by atoms with E-state index in [1.165, 1.54) is 31.4 Å². The first-order valence-corrected chi connectivity index (χ1v) is 5.74. The Kier molecular flexibility index (Phi) is 8.26. The van der Waals surface area contributed by atoms with E-state index < -0.39 is 0 Å². The zero-order valence-corrected chi connectivity index (χ0v) is 8.84. The van der Waals surface area contributed by atoms with Gasteiger partial charge in [0.15, 0.2) is 0 Å². The summed E-state index contributed by atoms with van der Waals surface area (Å²) in [6.07, 6.45) is 7.74. The van der Waals surface area contributed by atoms with Crippen LogP contribution in [0.25, 0.3) is 0 Å². The van der Waals surface area contributed by atoms with Crippen molar-refractivity contribution in [2.24, 2.45) is 0 Å². The summed E-state index contributed by atoms with van der Waals surface area (Å²) in [5, 5.41) is 0. The smallest absolute Gasteiger partial charge is 0.00117 e. The Morgan fingerprint density at radius 1 is 1.45 bits per heavy atom. The Labute approximate surface area is 75.5 Å². The molecule has 1 rings (SSSR count). The van der Waals surface area contributed by atoms with E-state index in [1.54, 1.807) is 4.91 Å². The van der Waals surface area contributed by atoms with Crippen LogP contribution in [-0.4, -0.2) is 5.75 Å². The Morgan fingerprint density at radius 2 is 2.18 bits per heavy atom. The molecule has 11 heavy (non-hydrogen) atoms.